The van der Waals surface area contributed by atoms with Crippen LogP contribution < -0.4 is 5.32 Å². The van der Waals surface area contributed by atoms with Crippen molar-refractivity contribution < 1.29 is 13.2 Å². The van der Waals surface area contributed by atoms with Crippen molar-refractivity contribution in [3.63, 3.8) is 0 Å². The third kappa shape index (κ3) is 4.76. The number of aryl methyl sites for hydroxylation is 1. The minimum atomic E-state index is -3.48. The molecule has 1 aliphatic rings. The van der Waals surface area contributed by atoms with Gasteiger partial charge in [-0.05, 0) is 49.1 Å². The van der Waals surface area contributed by atoms with Crippen LogP contribution in [0.1, 0.15) is 42.1 Å². The molecule has 0 radical (unpaired) electrons. The summed E-state index contributed by atoms with van der Waals surface area (Å²) in [5, 5.41) is 3.01. The van der Waals surface area contributed by atoms with Crippen molar-refractivity contribution in [3.05, 3.63) is 65.7 Å². The van der Waals surface area contributed by atoms with Gasteiger partial charge in [-0.3, -0.25) is 4.79 Å². The van der Waals surface area contributed by atoms with Gasteiger partial charge in [-0.2, -0.15) is 4.31 Å². The third-order valence-electron chi connectivity index (χ3n) is 4.92. The average molecular weight is 387 g/mol. The third-order valence-corrected chi connectivity index (χ3v) is 6.84. The van der Waals surface area contributed by atoms with E-state index in [0.717, 1.165) is 18.4 Å². The van der Waals surface area contributed by atoms with Crippen LogP contribution in [0.3, 0.4) is 0 Å². The highest BCUT2D eigenvalue weighted by atomic mass is 32.2. The van der Waals surface area contributed by atoms with E-state index in [0.29, 0.717) is 36.4 Å². The smallest absolute Gasteiger partial charge is 0.251 e. The van der Waals surface area contributed by atoms with Crippen LogP contribution in [0.2, 0.25) is 0 Å². The molecule has 0 unspecified atom stereocenters. The molecule has 5 nitrogen and oxygen atoms in total. The van der Waals surface area contributed by atoms with Crippen LogP contribution in [0, 0.1) is 0 Å². The van der Waals surface area contributed by atoms with Crippen LogP contribution in [-0.2, 0) is 16.4 Å². The Kier molecular flexibility index (Phi) is 6.29. The van der Waals surface area contributed by atoms with Crippen molar-refractivity contribution in [2.75, 3.05) is 13.1 Å². The molecule has 27 heavy (non-hydrogen) atoms. The molecule has 2 aromatic rings. The van der Waals surface area contributed by atoms with E-state index in [-0.39, 0.29) is 11.9 Å². The maximum absolute atomic E-state index is 12.8. The first kappa shape index (κ1) is 19.6. The number of nitrogens with zero attached hydrogens (tertiary/aromatic N) is 1. The highest BCUT2D eigenvalue weighted by Gasteiger charge is 2.30. The van der Waals surface area contributed by atoms with Gasteiger partial charge < -0.3 is 5.32 Å². The zero-order valence-electron chi connectivity index (χ0n) is 15.6. The molecule has 0 bridgehead atoms. The normalized spacial score (nSPS) is 16.2. The summed E-state index contributed by atoms with van der Waals surface area (Å²) in [7, 11) is -3.48. The van der Waals surface area contributed by atoms with E-state index in [4.69, 9.17) is 0 Å². The highest BCUT2D eigenvalue weighted by molar-refractivity contribution is 7.89. The predicted octanol–water partition coefficient (Wildman–Crippen LogP) is 3.22. The molecule has 1 fully saturated rings. The second-order valence-electron chi connectivity index (χ2n) is 6.91. The number of rotatable bonds is 6. The molecule has 1 amide bonds. The molecule has 1 heterocycles. The van der Waals surface area contributed by atoms with E-state index in [1.54, 1.807) is 24.3 Å². The highest BCUT2D eigenvalue weighted by Crippen LogP contribution is 2.21. The molecule has 1 N–H and O–H groups in total. The molecule has 6 heteroatoms. The fourth-order valence-electron chi connectivity index (χ4n) is 3.36. The van der Waals surface area contributed by atoms with Crippen LogP contribution in [0.5, 0.6) is 0 Å². The lowest BCUT2D eigenvalue weighted by Crippen LogP contribution is -2.46. The Bertz CT molecular complexity index is 856. The molecule has 0 spiro atoms. The molecule has 1 saturated heterocycles. The van der Waals surface area contributed by atoms with E-state index >= 15 is 0 Å². The Balaban J connectivity index is 1.58. The van der Waals surface area contributed by atoms with Crippen molar-refractivity contribution in [2.45, 2.75) is 43.5 Å². The Morgan fingerprint density at radius 3 is 2.26 bits per heavy atom. The number of amides is 1. The Morgan fingerprint density at radius 2 is 1.67 bits per heavy atom. The standard InChI is InChI=1S/C21H26N2O3S/c1-2-6-17-9-11-20(12-10-17)27(25,26)23-15-13-19(14-16-23)22-21(24)18-7-4-3-5-8-18/h3-5,7-12,19H,2,6,13-16H2,1H3,(H,22,24). The molecule has 0 aromatic heterocycles. The minimum Gasteiger partial charge on any atom is -0.349 e. The summed E-state index contributed by atoms with van der Waals surface area (Å²) in [4.78, 5) is 12.6. The fraction of sp³-hybridized carbons (Fsp3) is 0.381. The maximum Gasteiger partial charge on any atom is 0.251 e. The second-order valence-corrected chi connectivity index (χ2v) is 8.85. The van der Waals surface area contributed by atoms with Crippen molar-refractivity contribution in [3.8, 4) is 0 Å². The molecule has 0 saturated carbocycles. The molecular formula is C21H26N2O3S. The summed E-state index contributed by atoms with van der Waals surface area (Å²) < 4.78 is 27.2. The summed E-state index contributed by atoms with van der Waals surface area (Å²) in [6, 6.07) is 16.3. The van der Waals surface area contributed by atoms with E-state index in [9.17, 15) is 13.2 Å². The van der Waals surface area contributed by atoms with Gasteiger partial charge in [0.15, 0.2) is 0 Å². The zero-order chi connectivity index (χ0) is 19.3. The topological polar surface area (TPSA) is 66.5 Å². The molecule has 1 aliphatic heterocycles. The monoisotopic (exact) mass is 386 g/mol. The van der Waals surface area contributed by atoms with E-state index < -0.39 is 10.0 Å². The number of hydrogen-bond donors (Lipinski definition) is 1. The quantitative estimate of drug-likeness (QED) is 0.829. The second kappa shape index (κ2) is 8.67. The zero-order valence-corrected chi connectivity index (χ0v) is 16.4. The summed E-state index contributed by atoms with van der Waals surface area (Å²) in [5.74, 6) is -0.108. The average Bonchev–Trinajstić information content (AvgIpc) is 2.70. The Labute approximate surface area is 161 Å². The van der Waals surface area contributed by atoms with Crippen LogP contribution >= 0.6 is 0 Å². The van der Waals surface area contributed by atoms with Gasteiger partial charge in [0, 0.05) is 24.7 Å². The number of nitrogens with one attached hydrogen (secondary N) is 1. The largest absolute Gasteiger partial charge is 0.349 e. The number of benzene rings is 2. The van der Waals surface area contributed by atoms with Crippen LogP contribution in [0.15, 0.2) is 59.5 Å². The number of carbonyl (C=O) groups excluding carboxylic acids is 1. The number of piperidine rings is 1. The number of sulfonamides is 1. The van der Waals surface area contributed by atoms with Gasteiger partial charge in [-0.25, -0.2) is 8.42 Å². The van der Waals surface area contributed by atoms with Crippen LogP contribution in [-0.4, -0.2) is 37.8 Å². The van der Waals surface area contributed by atoms with Gasteiger partial charge in [0.1, 0.15) is 0 Å². The van der Waals surface area contributed by atoms with Gasteiger partial charge in [0.05, 0.1) is 4.90 Å². The molecule has 0 aliphatic carbocycles. The van der Waals surface area contributed by atoms with Crippen molar-refractivity contribution in [2.24, 2.45) is 0 Å². The van der Waals surface area contributed by atoms with Crippen molar-refractivity contribution >= 4 is 15.9 Å². The summed E-state index contributed by atoms with van der Waals surface area (Å²) in [5.41, 5.74) is 1.78. The summed E-state index contributed by atoms with van der Waals surface area (Å²) in [6.07, 6.45) is 3.22. The first-order chi connectivity index (χ1) is 13.0. The maximum atomic E-state index is 12.8. The van der Waals surface area contributed by atoms with Crippen LogP contribution in [0.25, 0.3) is 0 Å². The van der Waals surface area contributed by atoms with Gasteiger partial charge in [0.2, 0.25) is 10.0 Å². The minimum absolute atomic E-state index is 0.00362. The van der Waals surface area contributed by atoms with Crippen LogP contribution in [0.4, 0.5) is 0 Å². The molecule has 0 atom stereocenters. The first-order valence-electron chi connectivity index (χ1n) is 9.45. The molecule has 144 valence electrons. The lowest BCUT2D eigenvalue weighted by Gasteiger charge is -2.31. The Hall–Kier alpha value is -2.18. The number of carbonyl (C=O) groups is 1. The number of hydrogen-bond acceptors (Lipinski definition) is 3. The van der Waals surface area contributed by atoms with E-state index in [1.807, 2.05) is 30.3 Å². The molecule has 2 aromatic carbocycles. The summed E-state index contributed by atoms with van der Waals surface area (Å²) >= 11 is 0. The lowest BCUT2D eigenvalue weighted by atomic mass is 10.1. The van der Waals surface area contributed by atoms with Gasteiger partial charge in [0.25, 0.3) is 5.91 Å². The SMILES string of the molecule is CCCc1ccc(S(=O)(=O)N2CCC(NC(=O)c3ccccc3)CC2)cc1. The molecule has 3 rings (SSSR count). The van der Waals surface area contributed by atoms with Gasteiger partial charge in [-0.1, -0.05) is 43.7 Å². The summed E-state index contributed by atoms with van der Waals surface area (Å²) in [6.45, 7) is 2.93. The van der Waals surface area contributed by atoms with Crippen molar-refractivity contribution in [1.29, 1.82) is 0 Å². The fourth-order valence-corrected chi connectivity index (χ4v) is 4.83. The van der Waals surface area contributed by atoms with Gasteiger partial charge >= 0.3 is 0 Å². The van der Waals surface area contributed by atoms with Crippen molar-refractivity contribution in [1.82, 2.24) is 9.62 Å². The Morgan fingerprint density at radius 1 is 1.04 bits per heavy atom. The molecular weight excluding hydrogens is 360 g/mol. The van der Waals surface area contributed by atoms with E-state index in [1.165, 1.54) is 4.31 Å². The first-order valence-corrected chi connectivity index (χ1v) is 10.9. The van der Waals surface area contributed by atoms with Gasteiger partial charge in [-0.15, -0.1) is 0 Å². The van der Waals surface area contributed by atoms with E-state index in [2.05, 4.69) is 12.2 Å². The lowest BCUT2D eigenvalue weighted by molar-refractivity contribution is 0.0924. The predicted molar refractivity (Wildman–Crippen MR) is 106 cm³/mol.